The summed E-state index contributed by atoms with van der Waals surface area (Å²) in [6, 6.07) is 10.1. The fourth-order valence-electron chi connectivity index (χ4n) is 4.20. The molecule has 0 spiro atoms. The van der Waals surface area contributed by atoms with Gasteiger partial charge in [-0.3, -0.25) is 4.79 Å². The van der Waals surface area contributed by atoms with Gasteiger partial charge in [0.05, 0.1) is 33.1 Å². The summed E-state index contributed by atoms with van der Waals surface area (Å²) in [5.74, 6) is 1.11. The molecule has 2 aromatic rings. The van der Waals surface area contributed by atoms with E-state index in [1.165, 1.54) is 27.6 Å². The topological polar surface area (TPSA) is 90.9 Å². The number of nitrogens with one attached hydrogen (secondary N) is 1. The highest BCUT2D eigenvalue weighted by molar-refractivity contribution is 7.90. The lowest BCUT2D eigenvalue weighted by Crippen LogP contribution is -2.31. The molecule has 2 unspecified atom stereocenters. The molecule has 1 aliphatic heterocycles. The van der Waals surface area contributed by atoms with Gasteiger partial charge < -0.3 is 19.5 Å². The number of rotatable bonds is 9. The van der Waals surface area contributed by atoms with Gasteiger partial charge in [-0.25, -0.2) is 8.42 Å². The molecule has 32 heavy (non-hydrogen) atoms. The molecule has 1 saturated heterocycles. The van der Waals surface area contributed by atoms with Crippen LogP contribution >= 0.6 is 11.6 Å². The van der Waals surface area contributed by atoms with E-state index in [2.05, 4.69) is 5.32 Å². The van der Waals surface area contributed by atoms with E-state index in [0.717, 1.165) is 5.56 Å². The second-order valence-electron chi connectivity index (χ2n) is 8.08. The first-order valence-corrected chi connectivity index (χ1v) is 12.6. The molecule has 0 radical (unpaired) electrons. The molecular weight excluding hydrogens is 454 g/mol. The van der Waals surface area contributed by atoms with Crippen molar-refractivity contribution in [3.63, 3.8) is 0 Å². The van der Waals surface area contributed by atoms with Crippen molar-refractivity contribution in [3.05, 3.63) is 52.5 Å². The SMILES string of the molecule is COc1cc(C(=O)C2CC(CCS(C)(=O)=O)(c3ccc(Cl)cc3)CN2)cc(OC)c1OC. The molecule has 0 bridgehead atoms. The number of halogens is 1. The monoisotopic (exact) mass is 481 g/mol. The molecule has 3 rings (SSSR count). The average molecular weight is 482 g/mol. The zero-order valence-corrected chi connectivity index (χ0v) is 20.2. The first-order valence-electron chi connectivity index (χ1n) is 10.1. The molecule has 0 aliphatic carbocycles. The molecule has 7 nitrogen and oxygen atoms in total. The van der Waals surface area contributed by atoms with Crippen molar-refractivity contribution < 1.29 is 27.4 Å². The fourth-order valence-corrected chi connectivity index (χ4v) is 5.09. The van der Waals surface area contributed by atoms with Crippen LogP contribution in [0.1, 0.15) is 28.8 Å². The van der Waals surface area contributed by atoms with Crippen molar-refractivity contribution in [1.29, 1.82) is 0 Å². The van der Waals surface area contributed by atoms with Crippen LogP contribution in [0.25, 0.3) is 0 Å². The molecule has 0 amide bonds. The number of carbonyl (C=O) groups is 1. The summed E-state index contributed by atoms with van der Waals surface area (Å²) in [6.07, 6.45) is 2.09. The van der Waals surface area contributed by atoms with Gasteiger partial charge >= 0.3 is 0 Å². The van der Waals surface area contributed by atoms with E-state index < -0.39 is 21.3 Å². The van der Waals surface area contributed by atoms with E-state index in [4.69, 9.17) is 25.8 Å². The predicted octanol–water partition coefficient (Wildman–Crippen LogP) is 3.28. The van der Waals surface area contributed by atoms with E-state index in [1.807, 2.05) is 12.1 Å². The van der Waals surface area contributed by atoms with E-state index in [9.17, 15) is 13.2 Å². The second-order valence-corrected chi connectivity index (χ2v) is 10.8. The fraction of sp³-hybridized carbons (Fsp3) is 0.435. The quantitative estimate of drug-likeness (QED) is 0.549. The lowest BCUT2D eigenvalue weighted by Gasteiger charge is -2.29. The molecule has 0 aromatic heterocycles. The molecule has 1 heterocycles. The zero-order valence-electron chi connectivity index (χ0n) is 18.6. The number of methoxy groups -OCH3 is 3. The van der Waals surface area contributed by atoms with E-state index in [1.54, 1.807) is 24.3 Å². The molecule has 1 N–H and O–H groups in total. The number of hydrogen-bond donors (Lipinski definition) is 1. The van der Waals surface area contributed by atoms with Crippen LogP contribution in [0.3, 0.4) is 0 Å². The summed E-state index contributed by atoms with van der Waals surface area (Å²) in [7, 11) is 1.33. The van der Waals surface area contributed by atoms with Gasteiger partial charge in [-0.15, -0.1) is 0 Å². The van der Waals surface area contributed by atoms with Crippen LogP contribution < -0.4 is 19.5 Å². The largest absolute Gasteiger partial charge is 0.493 e. The minimum Gasteiger partial charge on any atom is -0.493 e. The average Bonchev–Trinajstić information content (AvgIpc) is 3.21. The van der Waals surface area contributed by atoms with Crippen LogP contribution in [0.15, 0.2) is 36.4 Å². The van der Waals surface area contributed by atoms with Gasteiger partial charge in [0, 0.05) is 28.8 Å². The Kier molecular flexibility index (Phi) is 7.37. The highest BCUT2D eigenvalue weighted by Gasteiger charge is 2.43. The van der Waals surface area contributed by atoms with Gasteiger partial charge in [0.2, 0.25) is 5.75 Å². The number of benzene rings is 2. The second kappa shape index (κ2) is 9.68. The molecule has 174 valence electrons. The number of hydrogen-bond acceptors (Lipinski definition) is 7. The van der Waals surface area contributed by atoms with Crippen molar-refractivity contribution in [2.24, 2.45) is 0 Å². The van der Waals surface area contributed by atoms with Gasteiger partial charge in [-0.2, -0.15) is 0 Å². The first-order chi connectivity index (χ1) is 15.1. The molecular formula is C23H28ClNO6S. The Balaban J connectivity index is 1.93. The van der Waals surface area contributed by atoms with Crippen LogP contribution in [0.5, 0.6) is 17.2 Å². The summed E-state index contributed by atoms with van der Waals surface area (Å²) in [5, 5.41) is 3.91. The Morgan fingerprint density at radius 1 is 1.09 bits per heavy atom. The van der Waals surface area contributed by atoms with E-state index in [-0.39, 0.29) is 11.5 Å². The molecule has 2 atom stereocenters. The third-order valence-corrected chi connectivity index (χ3v) is 7.15. The summed E-state index contributed by atoms with van der Waals surface area (Å²) in [4.78, 5) is 13.4. The molecule has 2 aromatic carbocycles. The Morgan fingerprint density at radius 2 is 1.69 bits per heavy atom. The van der Waals surface area contributed by atoms with Gasteiger partial charge in [0.25, 0.3) is 0 Å². The maximum absolute atomic E-state index is 13.4. The standard InChI is InChI=1S/C23H28ClNO6S/c1-29-19-11-15(12-20(30-2)22(19)31-3)21(26)18-13-23(14-25-18,9-10-32(4,27)28)16-5-7-17(24)8-6-16/h5-8,11-12,18,25H,9-10,13-14H2,1-4H3. The number of ether oxygens (including phenoxy) is 3. The Morgan fingerprint density at radius 3 is 2.19 bits per heavy atom. The highest BCUT2D eigenvalue weighted by atomic mass is 35.5. The maximum atomic E-state index is 13.4. The van der Waals surface area contributed by atoms with Crippen molar-refractivity contribution in [1.82, 2.24) is 5.32 Å². The smallest absolute Gasteiger partial charge is 0.203 e. The Labute approximate surface area is 193 Å². The van der Waals surface area contributed by atoms with E-state index >= 15 is 0 Å². The number of sulfone groups is 1. The van der Waals surface area contributed by atoms with Crippen molar-refractivity contribution >= 4 is 27.2 Å². The first kappa shape index (κ1) is 24.4. The summed E-state index contributed by atoms with van der Waals surface area (Å²) >= 11 is 6.05. The van der Waals surface area contributed by atoms with Crippen molar-refractivity contribution in [2.75, 3.05) is 39.9 Å². The highest BCUT2D eigenvalue weighted by Crippen LogP contribution is 2.41. The minimum atomic E-state index is -3.17. The lowest BCUT2D eigenvalue weighted by molar-refractivity contribution is 0.0948. The van der Waals surface area contributed by atoms with Gasteiger partial charge in [0.1, 0.15) is 9.84 Å². The van der Waals surface area contributed by atoms with Crippen LogP contribution in [0, 0.1) is 0 Å². The van der Waals surface area contributed by atoms with Crippen LogP contribution in [0.2, 0.25) is 5.02 Å². The normalized spacial score (nSPS) is 20.7. The van der Waals surface area contributed by atoms with Gasteiger partial charge in [0.15, 0.2) is 17.3 Å². The Bertz CT molecular complexity index is 1060. The predicted molar refractivity (Wildman–Crippen MR) is 124 cm³/mol. The summed E-state index contributed by atoms with van der Waals surface area (Å²) < 4.78 is 39.9. The Hall–Kier alpha value is -2.29. The molecule has 0 saturated carbocycles. The molecule has 9 heteroatoms. The summed E-state index contributed by atoms with van der Waals surface area (Å²) in [6.45, 7) is 0.477. The molecule has 1 aliphatic rings. The third-order valence-electron chi connectivity index (χ3n) is 5.96. The summed E-state index contributed by atoms with van der Waals surface area (Å²) in [5.41, 5.74) is 0.875. The number of Topliss-reactive ketones (excluding diaryl/α,β-unsaturated/α-hetero) is 1. The molecule has 1 fully saturated rings. The van der Waals surface area contributed by atoms with Crippen LogP contribution in [0.4, 0.5) is 0 Å². The van der Waals surface area contributed by atoms with Crippen molar-refractivity contribution in [3.8, 4) is 17.2 Å². The third kappa shape index (κ3) is 5.19. The zero-order chi connectivity index (χ0) is 23.5. The van der Waals surface area contributed by atoms with Gasteiger partial charge in [-0.1, -0.05) is 23.7 Å². The minimum absolute atomic E-state index is 0.0302. The number of carbonyl (C=O) groups excluding carboxylic acids is 1. The van der Waals surface area contributed by atoms with Crippen LogP contribution in [-0.4, -0.2) is 60.1 Å². The maximum Gasteiger partial charge on any atom is 0.203 e. The van der Waals surface area contributed by atoms with Crippen molar-refractivity contribution in [2.45, 2.75) is 24.3 Å². The lowest BCUT2D eigenvalue weighted by atomic mass is 9.75. The number of ketones is 1. The van der Waals surface area contributed by atoms with E-state index in [0.29, 0.717) is 47.2 Å². The van der Waals surface area contributed by atoms with Crippen LogP contribution in [-0.2, 0) is 15.3 Å². The van der Waals surface area contributed by atoms with Gasteiger partial charge in [-0.05, 0) is 42.7 Å².